The summed E-state index contributed by atoms with van der Waals surface area (Å²) < 4.78 is 56.9. The molecule has 0 aromatic heterocycles. The van der Waals surface area contributed by atoms with Crippen LogP contribution in [-0.4, -0.2) is 29.9 Å². The highest BCUT2D eigenvalue weighted by Gasteiger charge is 2.13. The van der Waals surface area contributed by atoms with Crippen LogP contribution in [0.4, 0.5) is 0 Å². The molecule has 0 aliphatic heterocycles. The van der Waals surface area contributed by atoms with Crippen LogP contribution < -0.4 is 18.6 Å². The monoisotopic (exact) mass is 352 g/mol. The lowest BCUT2D eigenvalue weighted by molar-refractivity contribution is -0.134. The molecule has 12 heteroatoms. The Hall–Kier alpha value is -2.15. The van der Waals surface area contributed by atoms with Crippen LogP contribution in [0.15, 0.2) is 24.3 Å². The molecule has 4 N–H and O–H groups in total. The van der Waals surface area contributed by atoms with Gasteiger partial charge >= 0.3 is 26.6 Å². The third kappa shape index (κ3) is 6.53. The van der Waals surface area contributed by atoms with E-state index in [1.165, 1.54) is 0 Å². The summed E-state index contributed by atoms with van der Waals surface area (Å²) in [5.74, 6) is -1.22. The minimum atomic E-state index is -4.33. The lowest BCUT2D eigenvalue weighted by atomic mass is 10.2. The van der Waals surface area contributed by atoms with Crippen molar-refractivity contribution in [3.8, 4) is 11.5 Å². The molecule has 0 saturated carbocycles. The van der Waals surface area contributed by atoms with Crippen molar-refractivity contribution in [3.05, 3.63) is 29.8 Å². The second kappa shape index (κ2) is 6.74. The molecule has 0 heterocycles. The predicted octanol–water partition coefficient (Wildman–Crippen LogP) is -0.963. The molecule has 0 bridgehead atoms. The summed E-state index contributed by atoms with van der Waals surface area (Å²) >= 11 is 0. The van der Waals surface area contributed by atoms with Crippen molar-refractivity contribution in [1.29, 1.82) is 0 Å². The van der Waals surface area contributed by atoms with Crippen LogP contribution in [0.3, 0.4) is 0 Å². The number of hydrogen-bond acceptors (Lipinski definition) is 8. The molecule has 0 saturated heterocycles. The SMILES string of the molecule is COC(=O)C=Cc1cc(OS(N)(=O)=O)ccc1OS(N)(=O)=O. The Balaban J connectivity index is 3.27. The van der Waals surface area contributed by atoms with E-state index >= 15 is 0 Å². The summed E-state index contributed by atoms with van der Waals surface area (Å²) in [6.45, 7) is 0. The van der Waals surface area contributed by atoms with E-state index in [0.29, 0.717) is 0 Å². The fourth-order valence-corrected chi connectivity index (χ4v) is 2.04. The van der Waals surface area contributed by atoms with E-state index in [-0.39, 0.29) is 17.1 Å². The summed E-state index contributed by atoms with van der Waals surface area (Å²) in [7, 11) is -7.47. The molecule has 10 nitrogen and oxygen atoms in total. The molecule has 1 aromatic carbocycles. The van der Waals surface area contributed by atoms with Gasteiger partial charge in [-0.1, -0.05) is 0 Å². The smallest absolute Gasteiger partial charge is 0.380 e. The number of benzene rings is 1. The highest BCUT2D eigenvalue weighted by molar-refractivity contribution is 7.85. The molecule has 122 valence electrons. The zero-order chi connectivity index (χ0) is 17.0. The van der Waals surface area contributed by atoms with Gasteiger partial charge in [0, 0.05) is 11.6 Å². The molecule has 0 aliphatic carbocycles. The fraction of sp³-hybridized carbons (Fsp3) is 0.100. The van der Waals surface area contributed by atoms with E-state index in [4.69, 9.17) is 10.3 Å². The molecule has 1 rings (SSSR count). The molecule has 22 heavy (non-hydrogen) atoms. The molecular formula is C10H12N2O8S2. The van der Waals surface area contributed by atoms with Crippen molar-refractivity contribution in [3.63, 3.8) is 0 Å². The Kier molecular flexibility index (Phi) is 5.48. The van der Waals surface area contributed by atoms with Crippen molar-refractivity contribution >= 4 is 32.7 Å². The minimum absolute atomic E-state index is 0.0134. The molecule has 1 aromatic rings. The number of carbonyl (C=O) groups excluding carboxylic acids is 1. The number of rotatable bonds is 6. The molecule has 0 atom stereocenters. The average Bonchev–Trinajstić information content (AvgIpc) is 2.35. The van der Waals surface area contributed by atoms with Gasteiger partial charge in [-0.05, 0) is 24.3 Å². The van der Waals surface area contributed by atoms with Crippen LogP contribution in [0.1, 0.15) is 5.56 Å². The molecule has 0 unspecified atom stereocenters. The number of ether oxygens (including phenoxy) is 1. The maximum Gasteiger partial charge on any atom is 0.380 e. The van der Waals surface area contributed by atoms with Crippen LogP contribution in [0.2, 0.25) is 0 Å². The number of carbonyl (C=O) groups is 1. The zero-order valence-corrected chi connectivity index (χ0v) is 12.8. The summed E-state index contributed by atoms with van der Waals surface area (Å²) in [5, 5.41) is 9.46. The third-order valence-electron chi connectivity index (χ3n) is 2.00. The van der Waals surface area contributed by atoms with Gasteiger partial charge in [-0.15, -0.1) is 0 Å². The second-order valence-corrected chi connectivity index (χ2v) is 6.01. The number of esters is 1. The maximum absolute atomic E-state index is 11.1. The van der Waals surface area contributed by atoms with Gasteiger partial charge in [-0.25, -0.2) is 4.79 Å². The van der Waals surface area contributed by atoms with Crippen LogP contribution in [0.25, 0.3) is 6.08 Å². The van der Waals surface area contributed by atoms with Crippen LogP contribution in [-0.2, 0) is 30.1 Å². The quantitative estimate of drug-likeness (QED) is 0.488. The van der Waals surface area contributed by atoms with Crippen molar-refractivity contribution in [2.45, 2.75) is 0 Å². The third-order valence-corrected chi connectivity index (χ3v) is 2.84. The van der Waals surface area contributed by atoms with Gasteiger partial charge in [0.05, 0.1) is 7.11 Å². The summed E-state index contributed by atoms with van der Waals surface area (Å²) in [4.78, 5) is 11.1. The van der Waals surface area contributed by atoms with E-state index in [1.54, 1.807) is 0 Å². The van der Waals surface area contributed by atoms with Crippen LogP contribution in [0, 0.1) is 0 Å². The summed E-state index contributed by atoms with van der Waals surface area (Å²) in [6.07, 6.45) is 2.06. The average molecular weight is 352 g/mol. The second-order valence-electron chi connectivity index (χ2n) is 3.71. The Bertz CT molecular complexity index is 798. The van der Waals surface area contributed by atoms with E-state index in [9.17, 15) is 21.6 Å². The van der Waals surface area contributed by atoms with Crippen LogP contribution in [0.5, 0.6) is 11.5 Å². The molecule has 0 amide bonds. The van der Waals surface area contributed by atoms with Crippen LogP contribution >= 0.6 is 0 Å². The predicted molar refractivity (Wildman–Crippen MR) is 75.0 cm³/mol. The molecular weight excluding hydrogens is 340 g/mol. The van der Waals surface area contributed by atoms with Gasteiger partial charge in [0.15, 0.2) is 5.75 Å². The first-order valence-electron chi connectivity index (χ1n) is 5.34. The first-order valence-corrected chi connectivity index (χ1v) is 8.29. The topological polar surface area (TPSA) is 165 Å². The maximum atomic E-state index is 11.1. The molecule has 0 aliphatic rings. The first-order chi connectivity index (χ1) is 10.00. The van der Waals surface area contributed by atoms with E-state index < -0.39 is 26.6 Å². The Labute approximate surface area is 126 Å². The van der Waals surface area contributed by atoms with Gasteiger partial charge in [-0.2, -0.15) is 27.1 Å². The molecule has 0 radical (unpaired) electrons. The van der Waals surface area contributed by atoms with Gasteiger partial charge in [0.1, 0.15) is 5.75 Å². The number of nitrogens with two attached hydrogens (primary N) is 2. The highest BCUT2D eigenvalue weighted by Crippen LogP contribution is 2.27. The van der Waals surface area contributed by atoms with Gasteiger partial charge in [-0.3, -0.25) is 0 Å². The van der Waals surface area contributed by atoms with E-state index in [0.717, 1.165) is 37.5 Å². The summed E-state index contributed by atoms with van der Waals surface area (Å²) in [5.41, 5.74) is -0.0134. The van der Waals surface area contributed by atoms with E-state index in [2.05, 4.69) is 13.1 Å². The van der Waals surface area contributed by atoms with E-state index in [1.807, 2.05) is 0 Å². The normalized spacial score (nSPS) is 12.1. The van der Waals surface area contributed by atoms with Crippen molar-refractivity contribution in [2.75, 3.05) is 7.11 Å². The lowest BCUT2D eigenvalue weighted by Gasteiger charge is -2.08. The van der Waals surface area contributed by atoms with Gasteiger partial charge < -0.3 is 13.1 Å². The highest BCUT2D eigenvalue weighted by atomic mass is 32.2. The lowest BCUT2D eigenvalue weighted by Crippen LogP contribution is -2.20. The molecule has 0 spiro atoms. The number of hydrogen-bond donors (Lipinski definition) is 2. The standard InChI is InChI=1S/C10H12N2O8S2/c1-18-10(13)5-2-7-6-8(19-21(11,14)15)3-4-9(7)20-22(12,16)17/h2-6H,1H3,(H2,11,14,15)(H2,12,16,17). The zero-order valence-electron chi connectivity index (χ0n) is 11.1. The Morgan fingerprint density at radius 1 is 1.09 bits per heavy atom. The van der Waals surface area contributed by atoms with Crippen molar-refractivity contribution in [2.24, 2.45) is 10.3 Å². The first kappa shape index (κ1) is 17.9. The van der Waals surface area contributed by atoms with Crippen molar-refractivity contribution < 1.29 is 34.7 Å². The molecule has 0 fully saturated rings. The van der Waals surface area contributed by atoms with Crippen molar-refractivity contribution in [1.82, 2.24) is 0 Å². The van der Waals surface area contributed by atoms with Gasteiger partial charge in [0.25, 0.3) is 0 Å². The fourth-order valence-electron chi connectivity index (χ4n) is 1.27. The number of methoxy groups -OCH3 is 1. The van der Waals surface area contributed by atoms with Gasteiger partial charge in [0.2, 0.25) is 0 Å². The largest absolute Gasteiger partial charge is 0.466 e. The minimum Gasteiger partial charge on any atom is -0.466 e. The Morgan fingerprint density at radius 3 is 2.18 bits per heavy atom. The Morgan fingerprint density at radius 2 is 1.68 bits per heavy atom. The summed E-state index contributed by atoms with van der Waals surface area (Å²) in [6, 6.07) is 3.23.